The number of carbonyl (C=O) groups excluding carboxylic acids is 1. The average molecular weight is 641 g/mol. The molecular formula is C36H48N8O3. The quantitative estimate of drug-likeness (QED) is 0.182. The lowest BCUT2D eigenvalue weighted by molar-refractivity contribution is -0.129. The molecule has 2 N–H and O–H groups in total. The Kier molecular flexibility index (Phi) is 9.35. The normalized spacial score (nSPS) is 26.6. The van der Waals surface area contributed by atoms with Gasteiger partial charge < -0.3 is 34.8 Å². The van der Waals surface area contributed by atoms with Gasteiger partial charge in [0.05, 0.1) is 18.2 Å². The second-order valence-electron chi connectivity index (χ2n) is 14.0. The maximum atomic E-state index is 10.7. The third kappa shape index (κ3) is 6.90. The van der Waals surface area contributed by atoms with Crippen LogP contribution in [0.3, 0.4) is 0 Å². The molecule has 250 valence electrons. The molecule has 5 heterocycles. The number of hydrogen-bond acceptors (Lipinski definition) is 9. The first-order valence-electron chi connectivity index (χ1n) is 16.6. The molecule has 11 heteroatoms. The number of piperazine rings is 1. The molecule has 5 atom stereocenters. The van der Waals surface area contributed by atoms with E-state index in [-0.39, 0.29) is 23.6 Å². The minimum atomic E-state index is -0.246. The Morgan fingerprint density at radius 2 is 2.11 bits per heavy atom. The van der Waals surface area contributed by atoms with Gasteiger partial charge in [-0.25, -0.2) is 4.98 Å². The lowest BCUT2D eigenvalue weighted by Gasteiger charge is -2.41. The zero-order valence-corrected chi connectivity index (χ0v) is 28.4. The highest BCUT2D eigenvalue weighted by atomic mass is 16.5. The van der Waals surface area contributed by atoms with Crippen molar-refractivity contribution in [1.82, 2.24) is 15.2 Å². The van der Waals surface area contributed by atoms with Gasteiger partial charge in [0.25, 0.3) is 6.47 Å². The number of carbonyl (C=O) groups is 1. The monoisotopic (exact) mass is 640 g/mol. The van der Waals surface area contributed by atoms with Crippen molar-refractivity contribution in [3.8, 4) is 12.5 Å². The van der Waals surface area contributed by atoms with Crippen molar-refractivity contribution in [2.75, 3.05) is 67.0 Å². The van der Waals surface area contributed by atoms with E-state index in [1.807, 2.05) is 37.2 Å². The number of likely N-dealkylation sites (tertiary alicyclic amines) is 1. The SMILES string of the molecule is C#CN=C(N/C=C1\CN(c2cccc(N(C)C(C)COC=O)n2)[C@@H]2CC(C)(C)OCC12)Nc1ccc(N2C[C@H]3CC2CN3C)c(C)c1. The summed E-state index contributed by atoms with van der Waals surface area (Å²) in [4.78, 5) is 29.5. The molecule has 2 aromatic rings. The van der Waals surface area contributed by atoms with Crippen LogP contribution in [0.5, 0.6) is 0 Å². The van der Waals surface area contributed by atoms with Gasteiger partial charge in [0.1, 0.15) is 18.2 Å². The van der Waals surface area contributed by atoms with Crippen LogP contribution < -0.4 is 25.3 Å². The zero-order chi connectivity index (χ0) is 33.3. The molecule has 1 aromatic carbocycles. The maximum absolute atomic E-state index is 10.7. The van der Waals surface area contributed by atoms with Gasteiger partial charge in [0.2, 0.25) is 5.96 Å². The first-order chi connectivity index (χ1) is 22.6. The number of guanidine groups is 1. The van der Waals surface area contributed by atoms with Crippen molar-refractivity contribution >= 4 is 35.4 Å². The van der Waals surface area contributed by atoms with E-state index < -0.39 is 0 Å². The summed E-state index contributed by atoms with van der Waals surface area (Å²) < 4.78 is 11.3. The van der Waals surface area contributed by atoms with Crippen molar-refractivity contribution in [1.29, 1.82) is 0 Å². The average Bonchev–Trinajstić information content (AvgIpc) is 3.74. The second kappa shape index (κ2) is 13.5. The fraction of sp³-hybridized carbons (Fsp3) is 0.528. The number of terminal acetylenes is 1. The molecule has 47 heavy (non-hydrogen) atoms. The minimum absolute atomic E-state index is 0.0189. The summed E-state index contributed by atoms with van der Waals surface area (Å²) >= 11 is 0. The van der Waals surface area contributed by atoms with Crippen molar-refractivity contribution < 1.29 is 14.3 Å². The maximum Gasteiger partial charge on any atom is 0.293 e. The predicted octanol–water partition coefficient (Wildman–Crippen LogP) is 3.82. The summed E-state index contributed by atoms with van der Waals surface area (Å²) in [5.41, 5.74) is 4.41. The van der Waals surface area contributed by atoms with E-state index in [1.54, 1.807) is 0 Å². The lowest BCUT2D eigenvalue weighted by Crippen LogP contribution is -2.47. The molecule has 0 spiro atoms. The van der Waals surface area contributed by atoms with Crippen molar-refractivity contribution in [3.63, 3.8) is 0 Å². The largest absolute Gasteiger partial charge is 0.466 e. The first-order valence-corrected chi connectivity index (χ1v) is 16.6. The number of nitrogens with zero attached hydrogens (tertiary/aromatic N) is 6. The molecule has 4 fully saturated rings. The summed E-state index contributed by atoms with van der Waals surface area (Å²) in [6.07, 6.45) is 9.79. The number of nitrogens with one attached hydrogen (secondary N) is 2. The zero-order valence-electron chi connectivity index (χ0n) is 28.4. The molecule has 0 aliphatic carbocycles. The summed E-state index contributed by atoms with van der Waals surface area (Å²) in [5, 5.41) is 6.79. The van der Waals surface area contributed by atoms with Gasteiger partial charge in [0.15, 0.2) is 0 Å². The molecule has 6 rings (SSSR count). The third-order valence-electron chi connectivity index (χ3n) is 10.3. The molecule has 1 aromatic heterocycles. The van der Waals surface area contributed by atoms with Crippen LogP contribution >= 0.6 is 0 Å². The molecule has 4 aliphatic heterocycles. The van der Waals surface area contributed by atoms with E-state index in [4.69, 9.17) is 20.9 Å². The fourth-order valence-corrected chi connectivity index (χ4v) is 7.61. The van der Waals surface area contributed by atoms with Crippen LogP contribution in [0, 0.1) is 25.3 Å². The minimum Gasteiger partial charge on any atom is -0.466 e. The summed E-state index contributed by atoms with van der Waals surface area (Å²) in [6, 6.07) is 16.4. The van der Waals surface area contributed by atoms with E-state index in [0.29, 0.717) is 44.3 Å². The van der Waals surface area contributed by atoms with E-state index in [0.717, 1.165) is 36.8 Å². The Balaban J connectivity index is 1.18. The Labute approximate surface area is 279 Å². The number of pyridine rings is 1. The molecule has 0 saturated carbocycles. The van der Waals surface area contributed by atoms with Gasteiger partial charge in [-0.2, -0.15) is 4.99 Å². The molecule has 0 radical (unpaired) electrons. The molecule has 4 saturated heterocycles. The smallest absolute Gasteiger partial charge is 0.293 e. The first kappa shape index (κ1) is 32.7. The van der Waals surface area contributed by atoms with Gasteiger partial charge in [-0.3, -0.25) is 9.69 Å². The van der Waals surface area contributed by atoms with Crippen LogP contribution in [0.25, 0.3) is 0 Å². The highest BCUT2D eigenvalue weighted by molar-refractivity contribution is 5.95. The number of aromatic nitrogens is 1. The highest BCUT2D eigenvalue weighted by Crippen LogP contribution is 2.42. The molecule has 3 unspecified atom stereocenters. The lowest BCUT2D eigenvalue weighted by atomic mass is 9.85. The van der Waals surface area contributed by atoms with E-state index in [2.05, 4.69) is 88.5 Å². The van der Waals surface area contributed by atoms with Gasteiger partial charge in [-0.1, -0.05) is 12.5 Å². The molecular weight excluding hydrogens is 592 g/mol. The number of hydrogen-bond donors (Lipinski definition) is 2. The Bertz CT molecular complexity index is 1570. The molecule has 2 bridgehead atoms. The summed E-state index contributed by atoms with van der Waals surface area (Å²) in [6.45, 7) is 12.8. The number of aliphatic imine (C=N–C) groups is 1. The van der Waals surface area contributed by atoms with Crippen LogP contribution in [-0.2, 0) is 14.3 Å². The number of likely N-dealkylation sites (N-methyl/N-ethyl adjacent to an activating group) is 2. The number of anilines is 4. The summed E-state index contributed by atoms with van der Waals surface area (Å²) in [7, 11) is 4.20. The van der Waals surface area contributed by atoms with Crippen LogP contribution in [0.2, 0.25) is 0 Å². The van der Waals surface area contributed by atoms with E-state index in [1.165, 1.54) is 23.2 Å². The standard InChI is InChI=1S/C36H48N8O3/c1-8-37-35(39-27-12-13-31(24(2)14-27)43-20-28-15-29(43)19-41(28)6)38-17-26-18-44(32-16-36(4,5)47-22-30(26)32)34-11-9-10-33(40-34)42(7)25(3)21-46-23-45/h1,9-14,17,23,25,28-30,32H,15-16,18-22H2,2-7H3,(H2,37,38,39)/b26-17+/t25?,28-,29?,30?,32-/m1/s1. The van der Waals surface area contributed by atoms with Crippen LogP contribution in [0.15, 0.2) is 53.2 Å². The Morgan fingerprint density at radius 3 is 2.81 bits per heavy atom. The van der Waals surface area contributed by atoms with Crippen molar-refractivity contribution in [3.05, 3.63) is 53.7 Å². The summed E-state index contributed by atoms with van der Waals surface area (Å²) in [5.74, 6) is 2.40. The van der Waals surface area contributed by atoms with Crippen molar-refractivity contribution in [2.24, 2.45) is 10.9 Å². The number of ether oxygens (including phenoxy) is 2. The van der Waals surface area contributed by atoms with Gasteiger partial charge >= 0.3 is 0 Å². The predicted molar refractivity (Wildman–Crippen MR) is 188 cm³/mol. The third-order valence-corrected chi connectivity index (χ3v) is 10.3. The van der Waals surface area contributed by atoms with Crippen LogP contribution in [0.4, 0.5) is 23.0 Å². The fourth-order valence-electron chi connectivity index (χ4n) is 7.61. The molecule has 4 aliphatic rings. The van der Waals surface area contributed by atoms with Gasteiger partial charge in [-0.15, -0.1) is 0 Å². The van der Waals surface area contributed by atoms with Crippen molar-refractivity contribution in [2.45, 2.75) is 70.3 Å². The highest BCUT2D eigenvalue weighted by Gasteiger charge is 2.46. The number of benzene rings is 1. The Hall–Kier alpha value is -4.27. The van der Waals surface area contributed by atoms with Gasteiger partial charge in [0, 0.05) is 74.3 Å². The number of aryl methyl sites for hydroxylation is 1. The van der Waals surface area contributed by atoms with Crippen LogP contribution in [0.1, 0.15) is 39.2 Å². The number of fused-ring (bicyclic) bond motifs is 3. The Morgan fingerprint density at radius 1 is 1.28 bits per heavy atom. The van der Waals surface area contributed by atoms with E-state index in [9.17, 15) is 4.79 Å². The van der Waals surface area contributed by atoms with Gasteiger partial charge in [-0.05, 0) is 89.1 Å². The second-order valence-corrected chi connectivity index (χ2v) is 14.0. The molecule has 0 amide bonds. The number of rotatable bonds is 9. The van der Waals surface area contributed by atoms with Crippen LogP contribution in [-0.4, -0.2) is 99.0 Å². The molecule has 11 nitrogen and oxygen atoms in total. The topological polar surface area (TPSA) is 97.8 Å². The van der Waals surface area contributed by atoms with E-state index >= 15 is 0 Å².